The quantitative estimate of drug-likeness (QED) is 0.207. The number of unbranched alkanes of at least 4 members (excludes halogenated alkanes) is 13. The molecule has 162 valence electrons. The SMILES string of the molecule is CCCCCCCCCCCCCCCCOc1ccc(-c2n[nH]c(=S)o2)cc1. The molecule has 1 aromatic carbocycles. The zero-order valence-corrected chi connectivity index (χ0v) is 18.9. The van der Waals surface area contributed by atoms with E-state index in [1.54, 1.807) is 0 Å². The van der Waals surface area contributed by atoms with Gasteiger partial charge in [0.2, 0.25) is 5.89 Å². The van der Waals surface area contributed by atoms with Gasteiger partial charge in [-0.3, -0.25) is 0 Å². The second-order valence-corrected chi connectivity index (χ2v) is 8.26. The smallest absolute Gasteiger partial charge is 0.284 e. The number of rotatable bonds is 17. The predicted molar refractivity (Wildman–Crippen MR) is 123 cm³/mol. The Hall–Kier alpha value is -1.62. The number of H-pyrrole nitrogens is 1. The van der Waals surface area contributed by atoms with E-state index >= 15 is 0 Å². The van der Waals surface area contributed by atoms with Gasteiger partial charge in [0.25, 0.3) is 4.84 Å². The summed E-state index contributed by atoms with van der Waals surface area (Å²) in [5.74, 6) is 1.39. The van der Waals surface area contributed by atoms with Crippen molar-refractivity contribution in [3.8, 4) is 17.2 Å². The lowest BCUT2D eigenvalue weighted by Gasteiger charge is -2.06. The van der Waals surface area contributed by atoms with Gasteiger partial charge < -0.3 is 9.15 Å². The van der Waals surface area contributed by atoms with Gasteiger partial charge in [-0.15, -0.1) is 5.10 Å². The van der Waals surface area contributed by atoms with Crippen molar-refractivity contribution in [3.63, 3.8) is 0 Å². The second kappa shape index (κ2) is 15.3. The van der Waals surface area contributed by atoms with E-state index in [1.165, 1.54) is 83.5 Å². The van der Waals surface area contributed by atoms with E-state index in [4.69, 9.17) is 21.4 Å². The van der Waals surface area contributed by atoms with Crippen molar-refractivity contribution in [2.24, 2.45) is 0 Å². The van der Waals surface area contributed by atoms with Crippen molar-refractivity contribution < 1.29 is 9.15 Å². The highest BCUT2D eigenvalue weighted by Crippen LogP contribution is 2.21. The van der Waals surface area contributed by atoms with Crippen LogP contribution in [0.25, 0.3) is 11.5 Å². The van der Waals surface area contributed by atoms with Crippen LogP contribution in [0.2, 0.25) is 0 Å². The molecule has 4 nitrogen and oxygen atoms in total. The van der Waals surface area contributed by atoms with Crippen molar-refractivity contribution in [3.05, 3.63) is 29.1 Å². The first-order valence-corrected chi connectivity index (χ1v) is 12.0. The van der Waals surface area contributed by atoms with E-state index < -0.39 is 0 Å². The lowest BCUT2D eigenvalue weighted by atomic mass is 10.0. The van der Waals surface area contributed by atoms with E-state index in [2.05, 4.69) is 17.1 Å². The zero-order chi connectivity index (χ0) is 20.6. The number of aromatic amines is 1. The van der Waals surface area contributed by atoms with E-state index in [0.29, 0.717) is 5.89 Å². The maximum atomic E-state index is 5.83. The van der Waals surface area contributed by atoms with Crippen molar-refractivity contribution in [2.75, 3.05) is 6.61 Å². The molecule has 0 amide bonds. The highest BCUT2D eigenvalue weighted by Gasteiger charge is 2.04. The molecule has 0 atom stereocenters. The number of nitrogens with one attached hydrogen (secondary N) is 1. The van der Waals surface area contributed by atoms with Crippen LogP contribution in [0.5, 0.6) is 5.75 Å². The molecule has 0 aliphatic heterocycles. The van der Waals surface area contributed by atoms with Crippen LogP contribution in [0.1, 0.15) is 96.8 Å². The minimum atomic E-state index is 0.290. The van der Waals surface area contributed by atoms with Crippen molar-refractivity contribution in [1.82, 2.24) is 10.2 Å². The van der Waals surface area contributed by atoms with Crippen molar-refractivity contribution >= 4 is 12.2 Å². The molecule has 1 N–H and O–H groups in total. The minimum absolute atomic E-state index is 0.290. The molecule has 0 fully saturated rings. The molecule has 1 heterocycles. The molecule has 29 heavy (non-hydrogen) atoms. The Kier molecular flexibility index (Phi) is 12.4. The highest BCUT2D eigenvalue weighted by molar-refractivity contribution is 7.71. The number of aromatic nitrogens is 2. The van der Waals surface area contributed by atoms with Gasteiger partial charge in [-0.05, 0) is 42.9 Å². The summed E-state index contributed by atoms with van der Waals surface area (Å²) in [5.41, 5.74) is 0.890. The van der Waals surface area contributed by atoms with Crippen LogP contribution in [0.15, 0.2) is 28.7 Å². The number of nitrogens with zero attached hydrogens (tertiary/aromatic N) is 1. The van der Waals surface area contributed by atoms with Gasteiger partial charge in [0.15, 0.2) is 0 Å². The highest BCUT2D eigenvalue weighted by atomic mass is 32.1. The lowest BCUT2D eigenvalue weighted by Crippen LogP contribution is -1.97. The Labute approximate surface area is 181 Å². The first-order valence-electron chi connectivity index (χ1n) is 11.6. The standard InChI is InChI=1S/C24H38N2O2S/c1-2-3-4-5-6-7-8-9-10-11-12-13-14-15-20-27-22-18-16-21(17-19-22)23-25-26-24(29)28-23/h16-19H,2-15,20H2,1H3,(H,26,29). The first-order chi connectivity index (χ1) is 14.3. The van der Waals surface area contributed by atoms with Crippen LogP contribution in [-0.4, -0.2) is 16.8 Å². The van der Waals surface area contributed by atoms with Gasteiger partial charge in [0.05, 0.1) is 6.61 Å². The zero-order valence-electron chi connectivity index (χ0n) is 18.1. The van der Waals surface area contributed by atoms with Crippen molar-refractivity contribution in [1.29, 1.82) is 0 Å². The third-order valence-corrected chi connectivity index (χ3v) is 5.48. The molecule has 0 unspecified atom stereocenters. The maximum absolute atomic E-state index is 5.83. The molecule has 5 heteroatoms. The van der Waals surface area contributed by atoms with E-state index in [-0.39, 0.29) is 4.84 Å². The Balaban J connectivity index is 1.39. The predicted octanol–water partition coefficient (Wildman–Crippen LogP) is 8.26. The maximum Gasteiger partial charge on any atom is 0.284 e. The van der Waals surface area contributed by atoms with Gasteiger partial charge >= 0.3 is 0 Å². The fourth-order valence-corrected chi connectivity index (χ4v) is 3.66. The Morgan fingerprint density at radius 3 is 1.79 bits per heavy atom. The minimum Gasteiger partial charge on any atom is -0.494 e. The van der Waals surface area contributed by atoms with E-state index in [1.807, 2.05) is 24.3 Å². The molecule has 2 aromatic rings. The molecule has 0 radical (unpaired) electrons. The molecule has 0 aliphatic carbocycles. The molecule has 1 aromatic heterocycles. The second-order valence-electron chi connectivity index (χ2n) is 7.89. The third-order valence-electron chi connectivity index (χ3n) is 5.31. The molecule has 0 saturated heterocycles. The van der Waals surface area contributed by atoms with E-state index in [9.17, 15) is 0 Å². The number of hydrogen-bond acceptors (Lipinski definition) is 4. The monoisotopic (exact) mass is 418 g/mol. The Morgan fingerprint density at radius 2 is 1.31 bits per heavy atom. The molecule has 0 aliphatic rings. The van der Waals surface area contributed by atoms with Crippen LogP contribution < -0.4 is 4.74 Å². The van der Waals surface area contributed by atoms with Gasteiger partial charge in [-0.1, -0.05) is 90.4 Å². The van der Waals surface area contributed by atoms with Gasteiger partial charge in [-0.2, -0.15) is 0 Å². The summed E-state index contributed by atoms with van der Waals surface area (Å²) in [5, 5.41) is 6.66. The number of ether oxygens (including phenoxy) is 1. The third kappa shape index (κ3) is 10.6. The largest absolute Gasteiger partial charge is 0.494 e. The average molecular weight is 419 g/mol. The number of benzene rings is 1. The summed E-state index contributed by atoms with van der Waals surface area (Å²) in [4.78, 5) is 0.290. The average Bonchev–Trinajstić information content (AvgIpc) is 3.17. The molecular formula is C24H38N2O2S. The lowest BCUT2D eigenvalue weighted by molar-refractivity contribution is 0.304. The van der Waals surface area contributed by atoms with Crippen LogP contribution in [0.4, 0.5) is 0 Å². The molecule has 2 rings (SSSR count). The van der Waals surface area contributed by atoms with E-state index in [0.717, 1.165) is 24.3 Å². The summed E-state index contributed by atoms with van der Waals surface area (Å²) in [6, 6.07) is 7.78. The van der Waals surface area contributed by atoms with Crippen LogP contribution in [-0.2, 0) is 0 Å². The Bertz CT molecular complexity index is 693. The summed E-state index contributed by atoms with van der Waals surface area (Å²) < 4.78 is 11.1. The van der Waals surface area contributed by atoms with Crippen LogP contribution in [0.3, 0.4) is 0 Å². The summed E-state index contributed by atoms with van der Waals surface area (Å²) in [7, 11) is 0. The molecular weight excluding hydrogens is 380 g/mol. The summed E-state index contributed by atoms with van der Waals surface area (Å²) in [6.07, 6.45) is 19.2. The van der Waals surface area contributed by atoms with Gasteiger partial charge in [0.1, 0.15) is 5.75 Å². The fourth-order valence-electron chi connectivity index (χ4n) is 3.53. The molecule has 0 spiro atoms. The molecule has 0 bridgehead atoms. The van der Waals surface area contributed by atoms with Crippen LogP contribution in [0, 0.1) is 4.84 Å². The number of hydrogen-bond donors (Lipinski definition) is 1. The normalized spacial score (nSPS) is 11.1. The fraction of sp³-hybridized carbons (Fsp3) is 0.667. The first kappa shape index (κ1) is 23.7. The topological polar surface area (TPSA) is 51.0 Å². The van der Waals surface area contributed by atoms with Gasteiger partial charge in [0, 0.05) is 5.56 Å². The summed E-state index contributed by atoms with van der Waals surface area (Å²) >= 11 is 4.90. The Morgan fingerprint density at radius 1 is 0.793 bits per heavy atom. The molecule has 0 saturated carbocycles. The van der Waals surface area contributed by atoms with Crippen LogP contribution >= 0.6 is 12.2 Å². The summed E-state index contributed by atoms with van der Waals surface area (Å²) in [6.45, 7) is 3.06. The van der Waals surface area contributed by atoms with Gasteiger partial charge in [-0.25, -0.2) is 5.10 Å². The van der Waals surface area contributed by atoms with Crippen molar-refractivity contribution in [2.45, 2.75) is 96.8 Å².